The fourth-order valence-electron chi connectivity index (χ4n) is 1.69. The first kappa shape index (κ1) is 7.44. The Morgan fingerprint density at radius 2 is 2.00 bits per heavy atom. The van der Waals surface area contributed by atoms with Gasteiger partial charge < -0.3 is 0 Å². The van der Waals surface area contributed by atoms with E-state index in [1.165, 1.54) is 10.8 Å². The van der Waals surface area contributed by atoms with Gasteiger partial charge in [0.05, 0.1) is 11.7 Å². The first-order chi connectivity index (χ1) is 6.95. The van der Waals surface area contributed by atoms with Gasteiger partial charge in [0.15, 0.2) is 0 Å². The van der Waals surface area contributed by atoms with Crippen molar-refractivity contribution in [3.8, 4) is 0 Å². The van der Waals surface area contributed by atoms with E-state index < -0.39 is 0 Å². The molecule has 0 unspecified atom stereocenters. The van der Waals surface area contributed by atoms with Crippen molar-refractivity contribution in [3.05, 3.63) is 48.7 Å². The quantitative estimate of drug-likeness (QED) is 0.496. The molecule has 0 N–H and O–H groups in total. The third kappa shape index (κ3) is 0.973. The van der Waals surface area contributed by atoms with E-state index in [0.717, 1.165) is 10.9 Å². The Kier molecular flexibility index (Phi) is 1.47. The maximum absolute atomic E-state index is 4.07. The Morgan fingerprint density at radius 3 is 3.00 bits per heavy atom. The lowest BCUT2D eigenvalue weighted by Crippen LogP contribution is -1.83. The first-order valence-corrected chi connectivity index (χ1v) is 4.45. The molecule has 0 fully saturated rings. The molecule has 1 aromatic heterocycles. The van der Waals surface area contributed by atoms with Gasteiger partial charge in [0.25, 0.3) is 0 Å². The molecule has 0 saturated heterocycles. The van der Waals surface area contributed by atoms with Gasteiger partial charge >= 0.3 is 0 Å². The number of nitrogens with zero attached hydrogens (tertiary/aromatic N) is 2. The van der Waals surface area contributed by atoms with Gasteiger partial charge in [-0.1, -0.05) is 18.2 Å². The van der Waals surface area contributed by atoms with Crippen LogP contribution in [0.3, 0.4) is 0 Å². The number of hydrogen-bond donors (Lipinski definition) is 0. The molecule has 0 aliphatic carbocycles. The number of aromatic nitrogens is 2. The standard InChI is InChI=1S/C12H7N2/c1-2-4-10-9(3-1)5-6-12-11(10)7-8-13-14-12/h2-8H. The number of benzene rings is 2. The topological polar surface area (TPSA) is 25.8 Å². The molecular formula is C12H7N2. The summed E-state index contributed by atoms with van der Waals surface area (Å²) in [6, 6.07) is 15.0. The monoisotopic (exact) mass is 179 g/mol. The summed E-state index contributed by atoms with van der Waals surface area (Å²) in [5, 5.41) is 11.5. The highest BCUT2D eigenvalue weighted by atomic mass is 15.1. The van der Waals surface area contributed by atoms with E-state index in [4.69, 9.17) is 0 Å². The van der Waals surface area contributed by atoms with E-state index in [-0.39, 0.29) is 0 Å². The summed E-state index contributed by atoms with van der Waals surface area (Å²) in [4.78, 5) is 0. The summed E-state index contributed by atoms with van der Waals surface area (Å²) in [7, 11) is 0. The largest absolute Gasteiger partial charge is 0.159 e. The molecule has 0 aliphatic heterocycles. The summed E-state index contributed by atoms with van der Waals surface area (Å²) < 4.78 is 0. The van der Waals surface area contributed by atoms with Gasteiger partial charge in [-0.3, -0.25) is 0 Å². The van der Waals surface area contributed by atoms with E-state index in [0.29, 0.717) is 0 Å². The van der Waals surface area contributed by atoms with Crippen LogP contribution in [-0.4, -0.2) is 10.2 Å². The van der Waals surface area contributed by atoms with Crippen LogP contribution in [0.4, 0.5) is 0 Å². The summed E-state index contributed by atoms with van der Waals surface area (Å²) in [5.41, 5.74) is 0.936. The van der Waals surface area contributed by atoms with Crippen LogP contribution < -0.4 is 0 Å². The van der Waals surface area contributed by atoms with Crippen LogP contribution in [0.5, 0.6) is 0 Å². The lowest BCUT2D eigenvalue weighted by molar-refractivity contribution is 1.08. The van der Waals surface area contributed by atoms with Crippen molar-refractivity contribution < 1.29 is 0 Å². The predicted molar refractivity (Wildman–Crippen MR) is 55.9 cm³/mol. The van der Waals surface area contributed by atoms with E-state index >= 15 is 0 Å². The molecule has 2 heteroatoms. The van der Waals surface area contributed by atoms with E-state index in [2.05, 4.69) is 22.3 Å². The molecule has 3 rings (SSSR count). The SMILES string of the molecule is [c]1ccc2c(c1)ccc1nnccc12. The number of rotatable bonds is 0. The third-order valence-electron chi connectivity index (χ3n) is 2.36. The van der Waals surface area contributed by atoms with Crippen molar-refractivity contribution in [2.45, 2.75) is 0 Å². The van der Waals surface area contributed by atoms with Crippen molar-refractivity contribution >= 4 is 21.7 Å². The highest BCUT2D eigenvalue weighted by Gasteiger charge is 1.99. The van der Waals surface area contributed by atoms with Gasteiger partial charge in [-0.2, -0.15) is 10.2 Å². The normalized spacial score (nSPS) is 10.9. The molecule has 0 amide bonds. The van der Waals surface area contributed by atoms with Gasteiger partial charge in [-0.05, 0) is 35.0 Å². The first-order valence-electron chi connectivity index (χ1n) is 4.45. The second-order valence-electron chi connectivity index (χ2n) is 3.18. The minimum atomic E-state index is 0.936. The van der Waals surface area contributed by atoms with Crippen LogP contribution in [0.15, 0.2) is 42.6 Å². The Morgan fingerprint density at radius 1 is 1.00 bits per heavy atom. The van der Waals surface area contributed by atoms with Gasteiger partial charge in [-0.25, -0.2) is 0 Å². The Hall–Kier alpha value is -1.96. The average Bonchev–Trinajstić information content (AvgIpc) is 2.29. The molecule has 0 aliphatic rings. The smallest absolute Gasteiger partial charge is 0.0936 e. The summed E-state index contributed by atoms with van der Waals surface area (Å²) >= 11 is 0. The maximum Gasteiger partial charge on any atom is 0.0936 e. The minimum Gasteiger partial charge on any atom is -0.159 e. The van der Waals surface area contributed by atoms with Gasteiger partial charge in [0.1, 0.15) is 0 Å². The molecule has 2 aromatic carbocycles. The third-order valence-corrected chi connectivity index (χ3v) is 2.36. The Balaban J connectivity index is 2.61. The Labute approximate surface area is 81.2 Å². The molecule has 0 bridgehead atoms. The molecule has 1 radical (unpaired) electrons. The van der Waals surface area contributed by atoms with E-state index in [1.54, 1.807) is 6.20 Å². The highest BCUT2D eigenvalue weighted by Crippen LogP contribution is 2.22. The van der Waals surface area contributed by atoms with Crippen molar-refractivity contribution in [1.82, 2.24) is 10.2 Å². The Bertz CT molecular complexity index is 547. The molecule has 0 saturated carbocycles. The van der Waals surface area contributed by atoms with Crippen LogP contribution in [0.2, 0.25) is 0 Å². The predicted octanol–water partition coefficient (Wildman–Crippen LogP) is 2.58. The van der Waals surface area contributed by atoms with Crippen molar-refractivity contribution in [1.29, 1.82) is 0 Å². The molecular weight excluding hydrogens is 172 g/mol. The molecule has 14 heavy (non-hydrogen) atoms. The fourth-order valence-corrected chi connectivity index (χ4v) is 1.69. The zero-order valence-electron chi connectivity index (χ0n) is 7.44. The van der Waals surface area contributed by atoms with E-state index in [9.17, 15) is 0 Å². The van der Waals surface area contributed by atoms with Crippen molar-refractivity contribution in [2.24, 2.45) is 0 Å². The summed E-state index contributed by atoms with van der Waals surface area (Å²) in [5.74, 6) is 0. The minimum absolute atomic E-state index is 0.936. The van der Waals surface area contributed by atoms with E-state index in [1.807, 2.05) is 30.3 Å². The van der Waals surface area contributed by atoms with Crippen LogP contribution in [0.1, 0.15) is 0 Å². The second-order valence-corrected chi connectivity index (χ2v) is 3.18. The van der Waals surface area contributed by atoms with Crippen LogP contribution >= 0.6 is 0 Å². The molecule has 2 nitrogen and oxygen atoms in total. The zero-order chi connectivity index (χ0) is 9.38. The van der Waals surface area contributed by atoms with Gasteiger partial charge in [0.2, 0.25) is 0 Å². The van der Waals surface area contributed by atoms with Crippen LogP contribution in [0.25, 0.3) is 21.7 Å². The van der Waals surface area contributed by atoms with Gasteiger partial charge in [0, 0.05) is 5.39 Å². The lowest BCUT2D eigenvalue weighted by Gasteiger charge is -2.00. The maximum atomic E-state index is 4.07. The summed E-state index contributed by atoms with van der Waals surface area (Å²) in [6.45, 7) is 0. The summed E-state index contributed by atoms with van der Waals surface area (Å²) in [6.07, 6.45) is 1.72. The number of hydrogen-bond acceptors (Lipinski definition) is 2. The molecule has 0 atom stereocenters. The van der Waals surface area contributed by atoms with Crippen LogP contribution in [-0.2, 0) is 0 Å². The number of fused-ring (bicyclic) bond motifs is 3. The molecule has 3 aromatic rings. The zero-order valence-corrected chi connectivity index (χ0v) is 7.44. The highest BCUT2D eigenvalue weighted by molar-refractivity contribution is 6.05. The van der Waals surface area contributed by atoms with Crippen molar-refractivity contribution in [3.63, 3.8) is 0 Å². The van der Waals surface area contributed by atoms with Crippen molar-refractivity contribution in [2.75, 3.05) is 0 Å². The molecule has 1 heterocycles. The van der Waals surface area contributed by atoms with Gasteiger partial charge in [-0.15, -0.1) is 0 Å². The molecule has 0 spiro atoms. The van der Waals surface area contributed by atoms with Crippen LogP contribution in [0, 0.1) is 6.07 Å². The average molecular weight is 179 g/mol. The second kappa shape index (κ2) is 2.77. The lowest BCUT2D eigenvalue weighted by atomic mass is 10.1. The molecule has 65 valence electrons. The fraction of sp³-hybridized carbons (Fsp3) is 0.